The van der Waals surface area contributed by atoms with Crippen LogP contribution in [0.4, 0.5) is 0 Å². The number of benzene rings is 2. The number of carbonyl (C=O) groups excluding carboxylic acids is 1. The van der Waals surface area contributed by atoms with Gasteiger partial charge in [-0.1, -0.05) is 48.2 Å². The molecule has 2 aromatic carbocycles. The summed E-state index contributed by atoms with van der Waals surface area (Å²) < 4.78 is 11.5. The van der Waals surface area contributed by atoms with Crippen LogP contribution in [0.2, 0.25) is 0 Å². The maximum Gasteiger partial charge on any atom is 0.287 e. The predicted molar refractivity (Wildman–Crippen MR) is 112 cm³/mol. The van der Waals surface area contributed by atoms with E-state index in [-0.39, 0.29) is 5.91 Å². The molecule has 0 fully saturated rings. The summed E-state index contributed by atoms with van der Waals surface area (Å²) in [7, 11) is 0. The monoisotopic (exact) mass is 405 g/mol. The lowest BCUT2D eigenvalue weighted by atomic mass is 10.1. The minimum absolute atomic E-state index is 0.262. The zero-order valence-corrected chi connectivity index (χ0v) is 16.4. The van der Waals surface area contributed by atoms with Crippen LogP contribution in [0.3, 0.4) is 0 Å². The molecule has 0 bridgehead atoms. The Labute approximate surface area is 172 Å². The Balaban J connectivity index is 1.44. The summed E-state index contributed by atoms with van der Waals surface area (Å²) in [6, 6.07) is 18.9. The van der Waals surface area contributed by atoms with Crippen LogP contribution in [-0.2, 0) is 5.75 Å². The van der Waals surface area contributed by atoms with E-state index in [1.807, 2.05) is 54.6 Å². The summed E-state index contributed by atoms with van der Waals surface area (Å²) >= 11 is 1.46. The third-order valence-electron chi connectivity index (χ3n) is 4.19. The molecule has 1 N–H and O–H groups in total. The topological polar surface area (TPSA) is 77.2 Å². The number of hydrogen-bond acceptors (Lipinski definition) is 6. The first-order valence-electron chi connectivity index (χ1n) is 9.17. The largest absolute Gasteiger partial charge is 0.492 e. The van der Waals surface area contributed by atoms with E-state index in [9.17, 15) is 4.79 Å². The van der Waals surface area contributed by atoms with Crippen LogP contribution in [0.5, 0.6) is 5.75 Å². The van der Waals surface area contributed by atoms with Crippen LogP contribution < -0.4 is 10.1 Å². The van der Waals surface area contributed by atoms with E-state index in [1.54, 1.807) is 18.5 Å². The van der Waals surface area contributed by atoms with Crippen molar-refractivity contribution < 1.29 is 13.9 Å². The lowest BCUT2D eigenvalue weighted by Gasteiger charge is -2.07. The Kier molecular flexibility index (Phi) is 6.07. The number of aromatic nitrogens is 2. The maximum absolute atomic E-state index is 12.8. The molecule has 0 spiro atoms. The minimum Gasteiger partial charge on any atom is -0.492 e. The van der Waals surface area contributed by atoms with Gasteiger partial charge in [-0.15, -0.1) is 0 Å². The predicted octanol–water partition coefficient (Wildman–Crippen LogP) is 4.32. The van der Waals surface area contributed by atoms with Crippen LogP contribution >= 0.6 is 11.8 Å². The Morgan fingerprint density at radius 1 is 1.00 bits per heavy atom. The fourth-order valence-electron chi connectivity index (χ4n) is 2.85. The van der Waals surface area contributed by atoms with Crippen molar-refractivity contribution in [3.8, 4) is 5.75 Å². The molecule has 4 rings (SSSR count). The zero-order valence-electron chi connectivity index (χ0n) is 15.6. The van der Waals surface area contributed by atoms with E-state index in [1.165, 1.54) is 11.8 Å². The Bertz CT molecular complexity index is 1080. The molecule has 0 aliphatic heterocycles. The molecule has 29 heavy (non-hydrogen) atoms. The van der Waals surface area contributed by atoms with E-state index in [0.717, 1.165) is 16.7 Å². The zero-order chi connectivity index (χ0) is 19.9. The highest BCUT2D eigenvalue weighted by atomic mass is 32.2. The van der Waals surface area contributed by atoms with Gasteiger partial charge in [-0.25, -0.2) is 9.97 Å². The summed E-state index contributed by atoms with van der Waals surface area (Å²) in [4.78, 5) is 21.2. The Morgan fingerprint density at radius 2 is 1.76 bits per heavy atom. The van der Waals surface area contributed by atoms with Gasteiger partial charge in [0.1, 0.15) is 17.9 Å². The molecular formula is C22H19N3O3S. The average Bonchev–Trinajstić information content (AvgIpc) is 3.15. The number of furan rings is 1. The highest BCUT2D eigenvalue weighted by Gasteiger charge is 2.20. The van der Waals surface area contributed by atoms with Crippen molar-refractivity contribution in [1.29, 1.82) is 0 Å². The van der Waals surface area contributed by atoms with E-state index in [4.69, 9.17) is 9.15 Å². The standard InChI is InChI=1S/C22H19N3O3S/c26-21(23-13-14-27-16-7-2-1-3-8-16)20-18(15-29-22-24-11-6-12-25-22)17-9-4-5-10-19(17)28-20/h1-12H,13-15H2,(H,23,26). The van der Waals surface area contributed by atoms with Crippen LogP contribution in [0.15, 0.2) is 82.6 Å². The molecule has 0 unspecified atom stereocenters. The normalized spacial score (nSPS) is 10.8. The van der Waals surface area contributed by atoms with Gasteiger partial charge >= 0.3 is 0 Å². The first-order valence-corrected chi connectivity index (χ1v) is 10.2. The second-order valence-electron chi connectivity index (χ2n) is 6.14. The van der Waals surface area contributed by atoms with Crippen LogP contribution in [0.1, 0.15) is 16.1 Å². The molecule has 146 valence electrons. The number of thioether (sulfide) groups is 1. The van der Waals surface area contributed by atoms with Crippen LogP contribution in [-0.4, -0.2) is 29.0 Å². The van der Waals surface area contributed by atoms with E-state index in [2.05, 4.69) is 15.3 Å². The van der Waals surface area contributed by atoms with Gasteiger partial charge in [0, 0.05) is 29.1 Å². The first kappa shape index (κ1) is 19.0. The number of hydrogen-bond donors (Lipinski definition) is 1. The molecule has 2 heterocycles. The van der Waals surface area contributed by atoms with E-state index >= 15 is 0 Å². The Hall–Kier alpha value is -3.32. The first-order chi connectivity index (χ1) is 14.3. The number of nitrogens with one attached hydrogen (secondary N) is 1. The van der Waals surface area contributed by atoms with Crippen molar-refractivity contribution in [1.82, 2.24) is 15.3 Å². The summed E-state index contributed by atoms with van der Waals surface area (Å²) in [6.45, 7) is 0.747. The van der Waals surface area contributed by atoms with Crippen molar-refractivity contribution in [3.05, 3.63) is 84.4 Å². The van der Waals surface area contributed by atoms with Gasteiger partial charge < -0.3 is 14.5 Å². The Morgan fingerprint density at radius 3 is 2.59 bits per heavy atom. The smallest absolute Gasteiger partial charge is 0.287 e. The third-order valence-corrected chi connectivity index (χ3v) is 5.09. The van der Waals surface area contributed by atoms with E-state index in [0.29, 0.717) is 35.4 Å². The lowest BCUT2D eigenvalue weighted by molar-refractivity contribution is 0.0920. The molecule has 0 aliphatic carbocycles. The summed E-state index contributed by atoms with van der Waals surface area (Å²) in [5.41, 5.74) is 1.52. The summed E-state index contributed by atoms with van der Waals surface area (Å²) in [5.74, 6) is 1.35. The van der Waals surface area contributed by atoms with Crippen molar-refractivity contribution in [2.24, 2.45) is 0 Å². The highest BCUT2D eigenvalue weighted by Crippen LogP contribution is 2.30. The number of rotatable bonds is 8. The van der Waals surface area contributed by atoms with E-state index < -0.39 is 0 Å². The van der Waals surface area contributed by atoms with Crippen molar-refractivity contribution in [2.75, 3.05) is 13.2 Å². The van der Waals surface area contributed by atoms with Crippen LogP contribution in [0.25, 0.3) is 11.0 Å². The number of ether oxygens (including phenoxy) is 1. The molecule has 6 nitrogen and oxygen atoms in total. The molecule has 4 aromatic rings. The SMILES string of the molecule is O=C(NCCOc1ccccc1)c1oc2ccccc2c1CSc1ncccn1. The molecule has 0 saturated carbocycles. The van der Waals surface area contributed by atoms with Gasteiger partial charge in [-0.2, -0.15) is 0 Å². The minimum atomic E-state index is -0.262. The third kappa shape index (κ3) is 4.75. The van der Waals surface area contributed by atoms with Crippen molar-refractivity contribution in [2.45, 2.75) is 10.9 Å². The maximum atomic E-state index is 12.8. The second kappa shape index (κ2) is 9.25. The average molecular weight is 405 g/mol. The molecule has 0 atom stereocenters. The molecule has 1 amide bonds. The number of nitrogens with zero attached hydrogens (tertiary/aromatic N) is 2. The molecule has 7 heteroatoms. The molecule has 0 aliphatic rings. The summed E-state index contributed by atoms with van der Waals surface area (Å²) in [6.07, 6.45) is 3.40. The number of fused-ring (bicyclic) bond motifs is 1. The summed E-state index contributed by atoms with van der Waals surface area (Å²) in [5, 5.41) is 4.44. The fraction of sp³-hybridized carbons (Fsp3) is 0.136. The molecular weight excluding hydrogens is 386 g/mol. The number of amides is 1. The van der Waals surface area contributed by atoms with Gasteiger partial charge in [-0.3, -0.25) is 4.79 Å². The fourth-order valence-corrected chi connectivity index (χ4v) is 3.68. The van der Waals surface area contributed by atoms with Gasteiger partial charge in [0.15, 0.2) is 10.9 Å². The van der Waals surface area contributed by atoms with Crippen LogP contribution in [0, 0.1) is 0 Å². The number of para-hydroxylation sites is 2. The molecule has 0 saturated heterocycles. The lowest BCUT2D eigenvalue weighted by Crippen LogP contribution is -2.28. The van der Waals surface area contributed by atoms with Crippen molar-refractivity contribution in [3.63, 3.8) is 0 Å². The second-order valence-corrected chi connectivity index (χ2v) is 7.09. The molecule has 0 radical (unpaired) electrons. The molecule has 2 aromatic heterocycles. The van der Waals surface area contributed by atoms with Gasteiger partial charge in [-0.05, 0) is 24.3 Å². The van der Waals surface area contributed by atoms with Crippen molar-refractivity contribution >= 4 is 28.6 Å². The quantitative estimate of drug-likeness (QED) is 0.267. The van der Waals surface area contributed by atoms with Gasteiger partial charge in [0.25, 0.3) is 5.91 Å². The van der Waals surface area contributed by atoms with Gasteiger partial charge in [0.2, 0.25) is 0 Å². The van der Waals surface area contributed by atoms with Gasteiger partial charge in [0.05, 0.1) is 6.54 Å². The number of carbonyl (C=O) groups is 1. The highest BCUT2D eigenvalue weighted by molar-refractivity contribution is 7.98.